The Balaban J connectivity index is 2.21. The molecule has 2 aromatic rings. The molecule has 1 heterocycles. The minimum Gasteiger partial charge on any atom is -0.459 e. The van der Waals surface area contributed by atoms with Crippen LogP contribution in [0.2, 0.25) is 0 Å². The minimum atomic E-state index is -0.309. The van der Waals surface area contributed by atoms with Crippen LogP contribution in [0.1, 0.15) is 10.6 Å². The number of halogens is 1. The van der Waals surface area contributed by atoms with Crippen LogP contribution in [0.5, 0.6) is 0 Å². The van der Waals surface area contributed by atoms with Crippen LogP contribution in [0.15, 0.2) is 45.5 Å². The molecule has 1 amide bonds. The Hall–Kier alpha value is -1.75. The van der Waals surface area contributed by atoms with E-state index in [1.165, 1.54) is 6.26 Å². The smallest absolute Gasteiger partial charge is 0.291 e. The number of nitrogen functional groups attached to an aromatic ring is 1. The van der Waals surface area contributed by atoms with Gasteiger partial charge >= 0.3 is 0 Å². The lowest BCUT2D eigenvalue weighted by Crippen LogP contribution is -2.11. The van der Waals surface area contributed by atoms with Gasteiger partial charge in [-0.25, -0.2) is 0 Å². The number of anilines is 2. The third-order valence-electron chi connectivity index (χ3n) is 1.98. The Labute approximate surface area is 101 Å². The second-order valence-corrected chi connectivity index (χ2v) is 4.03. The summed E-state index contributed by atoms with van der Waals surface area (Å²) in [5, 5.41) is 2.69. The van der Waals surface area contributed by atoms with Crippen molar-refractivity contribution in [1.82, 2.24) is 0 Å². The first-order valence-electron chi connectivity index (χ1n) is 4.56. The standard InChI is InChI=1S/C11H9BrN2O2/c12-8-4-3-7(13)6-9(8)14-11(15)10-2-1-5-16-10/h1-6H,13H2,(H,14,15). The van der Waals surface area contributed by atoms with Crippen molar-refractivity contribution in [2.24, 2.45) is 0 Å². The van der Waals surface area contributed by atoms with Crippen molar-refractivity contribution in [3.05, 3.63) is 46.8 Å². The quantitative estimate of drug-likeness (QED) is 0.832. The molecule has 2 rings (SSSR count). The third kappa shape index (κ3) is 2.25. The lowest BCUT2D eigenvalue weighted by Gasteiger charge is -2.06. The summed E-state index contributed by atoms with van der Waals surface area (Å²) in [4.78, 5) is 11.7. The van der Waals surface area contributed by atoms with Crippen LogP contribution in [0, 0.1) is 0 Å². The SMILES string of the molecule is Nc1ccc(Br)c(NC(=O)c2ccco2)c1. The van der Waals surface area contributed by atoms with E-state index in [0.29, 0.717) is 11.4 Å². The summed E-state index contributed by atoms with van der Waals surface area (Å²) in [6.45, 7) is 0. The monoisotopic (exact) mass is 280 g/mol. The average Bonchev–Trinajstić information content (AvgIpc) is 2.76. The number of benzene rings is 1. The molecule has 0 saturated heterocycles. The zero-order chi connectivity index (χ0) is 11.5. The van der Waals surface area contributed by atoms with E-state index in [-0.39, 0.29) is 11.7 Å². The molecule has 0 bridgehead atoms. The van der Waals surface area contributed by atoms with Gasteiger partial charge in [0.1, 0.15) is 0 Å². The molecule has 3 N–H and O–H groups in total. The van der Waals surface area contributed by atoms with E-state index in [1.54, 1.807) is 30.3 Å². The van der Waals surface area contributed by atoms with E-state index in [2.05, 4.69) is 21.2 Å². The van der Waals surface area contributed by atoms with Gasteiger partial charge in [0.05, 0.1) is 12.0 Å². The highest BCUT2D eigenvalue weighted by molar-refractivity contribution is 9.10. The van der Waals surface area contributed by atoms with Gasteiger partial charge in [-0.3, -0.25) is 4.79 Å². The molecule has 0 spiro atoms. The van der Waals surface area contributed by atoms with Crippen molar-refractivity contribution in [2.75, 3.05) is 11.1 Å². The number of furan rings is 1. The molecule has 0 radical (unpaired) electrons. The molecule has 82 valence electrons. The summed E-state index contributed by atoms with van der Waals surface area (Å²) in [5.74, 6) is -0.0503. The Morgan fingerprint density at radius 3 is 2.88 bits per heavy atom. The number of amides is 1. The topological polar surface area (TPSA) is 68.3 Å². The van der Waals surface area contributed by atoms with Crippen LogP contribution in [-0.2, 0) is 0 Å². The normalized spacial score (nSPS) is 10.1. The Morgan fingerprint density at radius 2 is 2.19 bits per heavy atom. The van der Waals surface area contributed by atoms with Crippen molar-refractivity contribution >= 4 is 33.2 Å². The predicted octanol–water partition coefficient (Wildman–Crippen LogP) is 2.88. The van der Waals surface area contributed by atoms with E-state index in [1.807, 2.05) is 0 Å². The summed E-state index contributed by atoms with van der Waals surface area (Å²) in [6.07, 6.45) is 1.45. The predicted molar refractivity (Wildman–Crippen MR) is 65.2 cm³/mol. The molecule has 0 aliphatic carbocycles. The van der Waals surface area contributed by atoms with Gasteiger partial charge in [0.15, 0.2) is 5.76 Å². The van der Waals surface area contributed by atoms with Gasteiger partial charge in [0, 0.05) is 10.2 Å². The average molecular weight is 281 g/mol. The summed E-state index contributed by atoms with van der Waals surface area (Å²) < 4.78 is 5.74. The van der Waals surface area contributed by atoms with E-state index >= 15 is 0 Å². The van der Waals surface area contributed by atoms with Crippen molar-refractivity contribution in [2.45, 2.75) is 0 Å². The van der Waals surface area contributed by atoms with Gasteiger partial charge in [0.25, 0.3) is 5.91 Å². The summed E-state index contributed by atoms with van der Waals surface area (Å²) in [6, 6.07) is 8.43. The number of hydrogen-bond donors (Lipinski definition) is 2. The summed E-state index contributed by atoms with van der Waals surface area (Å²) in [5.41, 5.74) is 6.82. The Kier molecular flexibility index (Phi) is 2.96. The highest BCUT2D eigenvalue weighted by Gasteiger charge is 2.10. The number of nitrogens with one attached hydrogen (secondary N) is 1. The van der Waals surface area contributed by atoms with Crippen LogP contribution in [0.3, 0.4) is 0 Å². The van der Waals surface area contributed by atoms with Gasteiger partial charge in [-0.05, 0) is 46.3 Å². The van der Waals surface area contributed by atoms with Gasteiger partial charge in [-0.2, -0.15) is 0 Å². The molecular formula is C11H9BrN2O2. The van der Waals surface area contributed by atoms with Gasteiger partial charge in [-0.15, -0.1) is 0 Å². The minimum absolute atomic E-state index is 0.259. The number of hydrogen-bond acceptors (Lipinski definition) is 3. The second kappa shape index (κ2) is 4.40. The third-order valence-corrected chi connectivity index (χ3v) is 2.68. The van der Waals surface area contributed by atoms with Crippen LogP contribution >= 0.6 is 15.9 Å². The van der Waals surface area contributed by atoms with E-state index < -0.39 is 0 Å². The molecule has 0 aliphatic rings. The van der Waals surface area contributed by atoms with Crippen LogP contribution in [0.25, 0.3) is 0 Å². The largest absolute Gasteiger partial charge is 0.459 e. The molecule has 1 aromatic heterocycles. The number of rotatable bonds is 2. The lowest BCUT2D eigenvalue weighted by atomic mass is 10.3. The highest BCUT2D eigenvalue weighted by atomic mass is 79.9. The molecule has 4 nitrogen and oxygen atoms in total. The van der Waals surface area contributed by atoms with E-state index in [0.717, 1.165) is 4.47 Å². The second-order valence-electron chi connectivity index (χ2n) is 3.17. The molecule has 0 aliphatic heterocycles. The maximum Gasteiger partial charge on any atom is 0.291 e. The van der Waals surface area contributed by atoms with Crippen molar-refractivity contribution in [1.29, 1.82) is 0 Å². The fourth-order valence-electron chi connectivity index (χ4n) is 1.23. The summed E-state index contributed by atoms with van der Waals surface area (Å²) >= 11 is 3.32. The Morgan fingerprint density at radius 1 is 1.38 bits per heavy atom. The van der Waals surface area contributed by atoms with Gasteiger partial charge in [-0.1, -0.05) is 0 Å². The molecule has 0 fully saturated rings. The van der Waals surface area contributed by atoms with Crippen LogP contribution < -0.4 is 11.1 Å². The maximum absolute atomic E-state index is 11.7. The first-order chi connectivity index (χ1) is 7.66. The zero-order valence-corrected chi connectivity index (χ0v) is 9.82. The molecule has 16 heavy (non-hydrogen) atoms. The first-order valence-corrected chi connectivity index (χ1v) is 5.36. The lowest BCUT2D eigenvalue weighted by molar-refractivity contribution is 0.0996. The number of carbonyl (C=O) groups excluding carboxylic acids is 1. The summed E-state index contributed by atoms with van der Waals surface area (Å²) in [7, 11) is 0. The fraction of sp³-hybridized carbons (Fsp3) is 0. The fourth-order valence-corrected chi connectivity index (χ4v) is 1.58. The van der Waals surface area contributed by atoms with E-state index in [4.69, 9.17) is 10.2 Å². The van der Waals surface area contributed by atoms with Crippen molar-refractivity contribution in [3.63, 3.8) is 0 Å². The molecule has 0 unspecified atom stereocenters. The zero-order valence-electron chi connectivity index (χ0n) is 8.24. The maximum atomic E-state index is 11.7. The molecule has 0 saturated carbocycles. The van der Waals surface area contributed by atoms with Crippen molar-refractivity contribution < 1.29 is 9.21 Å². The molecule has 0 atom stereocenters. The van der Waals surface area contributed by atoms with Gasteiger partial charge in [0.2, 0.25) is 0 Å². The number of nitrogens with two attached hydrogens (primary N) is 1. The van der Waals surface area contributed by atoms with Crippen LogP contribution in [-0.4, -0.2) is 5.91 Å². The van der Waals surface area contributed by atoms with E-state index in [9.17, 15) is 4.79 Å². The molecule has 5 heteroatoms. The molecular weight excluding hydrogens is 272 g/mol. The molecule has 1 aromatic carbocycles. The first kappa shape index (κ1) is 10.8. The highest BCUT2D eigenvalue weighted by Crippen LogP contribution is 2.25. The number of carbonyl (C=O) groups is 1. The van der Waals surface area contributed by atoms with Crippen LogP contribution in [0.4, 0.5) is 11.4 Å². The van der Waals surface area contributed by atoms with Gasteiger partial charge < -0.3 is 15.5 Å². The Bertz CT molecular complexity index is 509. The van der Waals surface area contributed by atoms with Crippen molar-refractivity contribution in [3.8, 4) is 0 Å².